The Kier molecular flexibility index (Phi) is 3.27. The Morgan fingerprint density at radius 1 is 1.09 bits per heavy atom. The number of rotatable bonds is 1. The molecule has 1 aliphatic heterocycles. The van der Waals surface area contributed by atoms with Gasteiger partial charge in [0, 0.05) is 21.8 Å². The van der Waals surface area contributed by atoms with E-state index < -0.39 is 17.3 Å². The Labute approximate surface area is 129 Å². The normalized spacial score (nSPS) is 20.6. The van der Waals surface area contributed by atoms with Gasteiger partial charge in [0.15, 0.2) is 0 Å². The van der Waals surface area contributed by atoms with Crippen molar-refractivity contribution in [3.63, 3.8) is 0 Å². The highest BCUT2D eigenvalue weighted by Crippen LogP contribution is 2.45. The molecule has 22 heavy (non-hydrogen) atoms. The van der Waals surface area contributed by atoms with Crippen molar-refractivity contribution >= 4 is 17.3 Å². The quantitative estimate of drug-likeness (QED) is 0.747. The van der Waals surface area contributed by atoms with Crippen LogP contribution in [0.15, 0.2) is 36.4 Å². The Morgan fingerprint density at radius 2 is 1.82 bits per heavy atom. The van der Waals surface area contributed by atoms with E-state index in [0.717, 1.165) is 12.1 Å². The van der Waals surface area contributed by atoms with Crippen LogP contribution in [0, 0.1) is 0 Å². The first-order valence-corrected chi connectivity index (χ1v) is 6.76. The third-order valence-corrected chi connectivity index (χ3v) is 3.97. The number of halogens is 4. The fourth-order valence-corrected chi connectivity index (χ4v) is 2.80. The fraction of sp³-hybridized carbons (Fsp3) is 0.200. The molecule has 0 spiro atoms. The molecule has 1 unspecified atom stereocenters. The van der Waals surface area contributed by atoms with Crippen LogP contribution in [0.25, 0.3) is 0 Å². The van der Waals surface area contributed by atoms with Crippen molar-refractivity contribution in [3.8, 4) is 5.75 Å². The number of hydrogen-bond acceptors (Lipinski definition) is 3. The number of anilines is 1. The molecule has 0 saturated heterocycles. The van der Waals surface area contributed by atoms with Crippen molar-refractivity contribution in [2.75, 3.05) is 11.9 Å². The van der Waals surface area contributed by atoms with Crippen LogP contribution in [-0.4, -0.2) is 16.8 Å². The molecule has 0 radical (unpaired) electrons. The van der Waals surface area contributed by atoms with E-state index in [9.17, 15) is 23.4 Å². The molecule has 1 atom stereocenters. The van der Waals surface area contributed by atoms with Crippen molar-refractivity contribution in [1.82, 2.24) is 0 Å². The van der Waals surface area contributed by atoms with Crippen LogP contribution in [-0.2, 0) is 11.8 Å². The molecular formula is C15H11ClF3NO2. The number of phenols is 1. The molecule has 3 nitrogen and oxygen atoms in total. The molecule has 3 rings (SSSR count). The monoisotopic (exact) mass is 329 g/mol. The van der Waals surface area contributed by atoms with Gasteiger partial charge in [-0.25, -0.2) is 0 Å². The number of aromatic hydroxyl groups is 1. The lowest BCUT2D eigenvalue weighted by atomic mass is 9.87. The zero-order chi connectivity index (χ0) is 16.1. The molecule has 2 aromatic carbocycles. The van der Waals surface area contributed by atoms with Gasteiger partial charge in [-0.2, -0.15) is 13.2 Å². The van der Waals surface area contributed by atoms with E-state index in [1.807, 2.05) is 0 Å². The number of phenolic OH excluding ortho intramolecular Hbond substituents is 1. The summed E-state index contributed by atoms with van der Waals surface area (Å²) in [5, 5.41) is 23.8. The number of benzene rings is 2. The molecule has 2 aromatic rings. The predicted molar refractivity (Wildman–Crippen MR) is 76.0 cm³/mol. The average Bonchev–Trinajstić information content (AvgIpc) is 2.79. The molecule has 0 aromatic heterocycles. The third kappa shape index (κ3) is 2.28. The van der Waals surface area contributed by atoms with Crippen LogP contribution in [0.3, 0.4) is 0 Å². The Balaban J connectivity index is 2.12. The van der Waals surface area contributed by atoms with Crippen LogP contribution < -0.4 is 5.32 Å². The number of hydrogen-bond donors (Lipinski definition) is 3. The number of aliphatic hydroxyl groups is 1. The first-order chi connectivity index (χ1) is 10.2. The largest absolute Gasteiger partial charge is 0.508 e. The summed E-state index contributed by atoms with van der Waals surface area (Å²) in [6.45, 7) is -0.0580. The summed E-state index contributed by atoms with van der Waals surface area (Å²) < 4.78 is 38.2. The van der Waals surface area contributed by atoms with Crippen molar-refractivity contribution in [2.24, 2.45) is 0 Å². The highest BCUT2D eigenvalue weighted by atomic mass is 35.5. The molecular weight excluding hydrogens is 319 g/mol. The van der Waals surface area contributed by atoms with Crippen molar-refractivity contribution < 1.29 is 23.4 Å². The maximum absolute atomic E-state index is 12.7. The van der Waals surface area contributed by atoms with Crippen LogP contribution in [0.5, 0.6) is 5.75 Å². The second-order valence-corrected chi connectivity index (χ2v) is 5.57. The summed E-state index contributed by atoms with van der Waals surface area (Å²) in [6.07, 6.45) is -4.46. The van der Waals surface area contributed by atoms with Gasteiger partial charge in [-0.1, -0.05) is 17.7 Å². The molecule has 116 valence electrons. The first kappa shape index (κ1) is 15.0. The Hall–Kier alpha value is -1.92. The van der Waals surface area contributed by atoms with Crippen LogP contribution >= 0.6 is 11.6 Å². The molecule has 0 fully saturated rings. The van der Waals surface area contributed by atoms with E-state index >= 15 is 0 Å². The topological polar surface area (TPSA) is 52.5 Å². The second-order valence-electron chi connectivity index (χ2n) is 5.13. The zero-order valence-corrected chi connectivity index (χ0v) is 11.8. The van der Waals surface area contributed by atoms with E-state index in [1.165, 1.54) is 24.3 Å². The minimum Gasteiger partial charge on any atom is -0.508 e. The van der Waals surface area contributed by atoms with Gasteiger partial charge < -0.3 is 15.5 Å². The second kappa shape index (κ2) is 4.79. The maximum Gasteiger partial charge on any atom is 0.416 e. The molecule has 7 heteroatoms. The van der Waals surface area contributed by atoms with E-state index in [1.54, 1.807) is 0 Å². The molecule has 0 bridgehead atoms. The maximum atomic E-state index is 12.7. The summed E-state index contributed by atoms with van der Waals surface area (Å²) in [4.78, 5) is 0. The lowest BCUT2D eigenvalue weighted by molar-refractivity contribution is -0.137. The Morgan fingerprint density at radius 3 is 2.50 bits per heavy atom. The van der Waals surface area contributed by atoms with Crippen molar-refractivity contribution in [3.05, 3.63) is 58.1 Å². The molecule has 3 N–H and O–H groups in total. The van der Waals surface area contributed by atoms with Gasteiger partial charge in [0.1, 0.15) is 11.4 Å². The van der Waals surface area contributed by atoms with Crippen molar-refractivity contribution in [2.45, 2.75) is 11.8 Å². The highest BCUT2D eigenvalue weighted by Gasteiger charge is 2.42. The van der Waals surface area contributed by atoms with Gasteiger partial charge in [0.05, 0.1) is 12.1 Å². The fourth-order valence-electron chi connectivity index (χ4n) is 2.63. The number of fused-ring (bicyclic) bond motifs is 1. The van der Waals surface area contributed by atoms with Gasteiger partial charge in [-0.05, 0) is 30.3 Å². The minimum atomic E-state index is -4.46. The average molecular weight is 330 g/mol. The van der Waals surface area contributed by atoms with E-state index in [4.69, 9.17) is 11.6 Å². The van der Waals surface area contributed by atoms with Crippen LogP contribution in [0.2, 0.25) is 5.02 Å². The lowest BCUT2D eigenvalue weighted by Crippen LogP contribution is -2.29. The lowest BCUT2D eigenvalue weighted by Gasteiger charge is -2.24. The zero-order valence-electron chi connectivity index (χ0n) is 11.1. The van der Waals surface area contributed by atoms with Gasteiger partial charge in [-0.15, -0.1) is 0 Å². The summed E-state index contributed by atoms with van der Waals surface area (Å²) in [6, 6.07) is 7.23. The van der Waals surface area contributed by atoms with Crippen LogP contribution in [0.1, 0.15) is 16.7 Å². The molecule has 0 aliphatic carbocycles. The van der Waals surface area contributed by atoms with E-state index in [0.29, 0.717) is 5.02 Å². The third-order valence-electron chi connectivity index (χ3n) is 3.73. The van der Waals surface area contributed by atoms with Gasteiger partial charge in [0.25, 0.3) is 0 Å². The molecule has 0 saturated carbocycles. The predicted octanol–water partition coefficient (Wildman–Crippen LogP) is 3.73. The van der Waals surface area contributed by atoms with Gasteiger partial charge in [0.2, 0.25) is 0 Å². The highest BCUT2D eigenvalue weighted by molar-refractivity contribution is 6.30. The van der Waals surface area contributed by atoms with Crippen LogP contribution in [0.4, 0.5) is 18.9 Å². The summed E-state index contributed by atoms with van der Waals surface area (Å²) in [5.41, 5.74) is -1.87. The van der Waals surface area contributed by atoms with Gasteiger partial charge in [-0.3, -0.25) is 0 Å². The number of nitrogens with one attached hydrogen (secondary N) is 1. The van der Waals surface area contributed by atoms with Gasteiger partial charge >= 0.3 is 6.18 Å². The molecule has 1 heterocycles. The summed E-state index contributed by atoms with van der Waals surface area (Å²) in [7, 11) is 0. The SMILES string of the molecule is Oc1ccc(Cl)cc1C1(O)CNc2cc(C(F)(F)F)ccc21. The minimum absolute atomic E-state index is 0.0580. The number of alkyl halides is 3. The number of β-amino-alcohol motifs (C(OH)–C–C–N with tert-alkyl or cyclic N) is 1. The standard InChI is InChI=1S/C15H11ClF3NO2/c16-9-2-4-13(21)11(6-9)14(22)7-20-12-5-8(15(17,18)19)1-3-10(12)14/h1-6,20-22H,7H2. The molecule has 0 amide bonds. The van der Waals surface area contributed by atoms with E-state index in [2.05, 4.69) is 5.32 Å². The first-order valence-electron chi connectivity index (χ1n) is 6.39. The Bertz CT molecular complexity index is 748. The van der Waals surface area contributed by atoms with E-state index in [-0.39, 0.29) is 29.1 Å². The van der Waals surface area contributed by atoms with Crippen molar-refractivity contribution in [1.29, 1.82) is 0 Å². The summed E-state index contributed by atoms with van der Waals surface area (Å²) in [5.74, 6) is -0.179. The molecule has 1 aliphatic rings. The smallest absolute Gasteiger partial charge is 0.416 e. The summed E-state index contributed by atoms with van der Waals surface area (Å²) >= 11 is 5.88.